The van der Waals surface area contributed by atoms with Crippen LogP contribution in [-0.2, 0) is 26.2 Å². The molecule has 0 spiro atoms. The third kappa shape index (κ3) is 8.43. The molecule has 0 bridgehead atoms. The average molecular weight is 524 g/mol. The van der Waals surface area contributed by atoms with Crippen molar-refractivity contribution < 1.29 is 22.7 Å². The molecular formula is C25H34ClN3O5S. The number of unbranched alkanes of at least 4 members (excludes halogenated alkanes) is 1. The molecule has 0 aliphatic carbocycles. The van der Waals surface area contributed by atoms with Crippen molar-refractivity contribution in [3.8, 4) is 5.75 Å². The maximum absolute atomic E-state index is 13.6. The summed E-state index contributed by atoms with van der Waals surface area (Å²) in [5.41, 5.74) is 1.07. The molecule has 0 saturated carbocycles. The van der Waals surface area contributed by atoms with Gasteiger partial charge in [-0.25, -0.2) is 8.42 Å². The predicted molar refractivity (Wildman–Crippen MR) is 139 cm³/mol. The van der Waals surface area contributed by atoms with Crippen molar-refractivity contribution in [2.75, 3.05) is 30.8 Å². The van der Waals surface area contributed by atoms with E-state index in [1.54, 1.807) is 48.5 Å². The number of rotatable bonds is 13. The summed E-state index contributed by atoms with van der Waals surface area (Å²) < 4.78 is 31.5. The Morgan fingerprint density at radius 2 is 1.80 bits per heavy atom. The van der Waals surface area contributed by atoms with Crippen molar-refractivity contribution in [1.82, 2.24) is 10.2 Å². The van der Waals surface area contributed by atoms with Gasteiger partial charge in [0.1, 0.15) is 18.3 Å². The van der Waals surface area contributed by atoms with Crippen LogP contribution in [0, 0.1) is 0 Å². The number of hydrogen-bond acceptors (Lipinski definition) is 5. The number of anilines is 1. The second kappa shape index (κ2) is 13.3. The van der Waals surface area contributed by atoms with Crippen molar-refractivity contribution in [2.45, 2.75) is 45.7 Å². The highest BCUT2D eigenvalue weighted by molar-refractivity contribution is 7.92. The van der Waals surface area contributed by atoms with Gasteiger partial charge in [0.15, 0.2) is 0 Å². The van der Waals surface area contributed by atoms with Crippen molar-refractivity contribution in [1.29, 1.82) is 0 Å². The molecule has 35 heavy (non-hydrogen) atoms. The molecule has 192 valence electrons. The first-order valence-electron chi connectivity index (χ1n) is 11.5. The molecule has 0 saturated heterocycles. The predicted octanol–water partition coefficient (Wildman–Crippen LogP) is 3.84. The minimum Gasteiger partial charge on any atom is -0.497 e. The summed E-state index contributed by atoms with van der Waals surface area (Å²) in [6.45, 7) is 4.03. The molecule has 2 rings (SSSR count). The zero-order valence-electron chi connectivity index (χ0n) is 20.7. The summed E-state index contributed by atoms with van der Waals surface area (Å²) in [7, 11) is -2.33. The Hall–Kier alpha value is -2.78. The Kier molecular flexibility index (Phi) is 10.9. The van der Waals surface area contributed by atoms with E-state index in [0.717, 1.165) is 29.0 Å². The van der Waals surface area contributed by atoms with Gasteiger partial charge in [0.05, 0.1) is 19.1 Å². The third-order valence-electron chi connectivity index (χ3n) is 5.50. The van der Waals surface area contributed by atoms with Crippen molar-refractivity contribution in [3.63, 3.8) is 0 Å². The van der Waals surface area contributed by atoms with E-state index in [9.17, 15) is 18.0 Å². The summed E-state index contributed by atoms with van der Waals surface area (Å²) >= 11 is 6.01. The molecule has 1 atom stereocenters. The Labute approximate surface area is 213 Å². The SMILES string of the molecule is CCCCNC(=O)[C@@H](CC)N(Cc1ccc(Cl)cc1)C(=O)CN(c1cccc(OC)c1)S(C)(=O)=O. The van der Waals surface area contributed by atoms with E-state index in [0.29, 0.717) is 29.4 Å². The summed E-state index contributed by atoms with van der Waals surface area (Å²) in [6, 6.07) is 12.7. The number of methoxy groups -OCH3 is 1. The number of halogens is 1. The fourth-order valence-electron chi connectivity index (χ4n) is 3.59. The van der Waals surface area contributed by atoms with Gasteiger partial charge in [-0.2, -0.15) is 0 Å². The molecule has 0 fully saturated rings. The van der Waals surface area contributed by atoms with Crippen LogP contribution in [0.4, 0.5) is 5.69 Å². The highest BCUT2D eigenvalue weighted by Crippen LogP contribution is 2.24. The van der Waals surface area contributed by atoms with Crippen molar-refractivity contribution in [3.05, 3.63) is 59.1 Å². The van der Waals surface area contributed by atoms with Crippen LogP contribution in [0.2, 0.25) is 5.02 Å². The summed E-state index contributed by atoms with van der Waals surface area (Å²) in [4.78, 5) is 28.1. The van der Waals surface area contributed by atoms with Crippen LogP contribution < -0.4 is 14.4 Å². The molecule has 0 aliphatic rings. The lowest BCUT2D eigenvalue weighted by Gasteiger charge is -2.33. The van der Waals surface area contributed by atoms with Gasteiger partial charge in [0, 0.05) is 24.2 Å². The van der Waals surface area contributed by atoms with Crippen molar-refractivity contribution in [2.24, 2.45) is 0 Å². The van der Waals surface area contributed by atoms with Gasteiger partial charge in [-0.05, 0) is 42.7 Å². The van der Waals surface area contributed by atoms with Gasteiger partial charge in [0.25, 0.3) is 0 Å². The van der Waals surface area contributed by atoms with E-state index < -0.39 is 28.5 Å². The lowest BCUT2D eigenvalue weighted by molar-refractivity contribution is -0.140. The summed E-state index contributed by atoms with van der Waals surface area (Å²) in [6.07, 6.45) is 3.16. The zero-order chi connectivity index (χ0) is 26.0. The van der Waals surface area contributed by atoms with Gasteiger partial charge >= 0.3 is 0 Å². The van der Waals surface area contributed by atoms with E-state index in [1.165, 1.54) is 12.0 Å². The van der Waals surface area contributed by atoms with Gasteiger partial charge in [-0.1, -0.05) is 50.1 Å². The molecule has 0 aliphatic heterocycles. The van der Waals surface area contributed by atoms with Crippen LogP contribution in [0.25, 0.3) is 0 Å². The second-order valence-corrected chi connectivity index (χ2v) is 10.5. The van der Waals surface area contributed by atoms with Gasteiger partial charge in [-0.15, -0.1) is 0 Å². The smallest absolute Gasteiger partial charge is 0.244 e. The number of benzene rings is 2. The quantitative estimate of drug-likeness (QED) is 0.402. The number of nitrogens with one attached hydrogen (secondary N) is 1. The van der Waals surface area contributed by atoms with Crippen LogP contribution in [0.1, 0.15) is 38.7 Å². The van der Waals surface area contributed by atoms with Crippen LogP contribution in [-0.4, -0.2) is 57.6 Å². The fourth-order valence-corrected chi connectivity index (χ4v) is 4.56. The number of hydrogen-bond donors (Lipinski definition) is 1. The largest absolute Gasteiger partial charge is 0.497 e. The highest BCUT2D eigenvalue weighted by atomic mass is 35.5. The first-order valence-corrected chi connectivity index (χ1v) is 13.8. The number of carbonyl (C=O) groups is 2. The van der Waals surface area contributed by atoms with E-state index >= 15 is 0 Å². The Morgan fingerprint density at radius 1 is 1.11 bits per heavy atom. The van der Waals surface area contributed by atoms with Crippen molar-refractivity contribution >= 4 is 39.1 Å². The van der Waals surface area contributed by atoms with E-state index in [-0.39, 0.29) is 12.5 Å². The molecule has 0 aromatic heterocycles. The molecule has 0 unspecified atom stereocenters. The number of sulfonamides is 1. The molecular weight excluding hydrogens is 490 g/mol. The first-order chi connectivity index (χ1) is 16.6. The topological polar surface area (TPSA) is 96.0 Å². The maximum atomic E-state index is 13.6. The third-order valence-corrected chi connectivity index (χ3v) is 6.89. The zero-order valence-corrected chi connectivity index (χ0v) is 22.2. The minimum atomic E-state index is -3.81. The monoisotopic (exact) mass is 523 g/mol. The van der Waals surface area contributed by atoms with E-state index in [1.807, 2.05) is 13.8 Å². The second-order valence-electron chi connectivity index (χ2n) is 8.19. The Balaban J connectivity index is 2.40. The lowest BCUT2D eigenvalue weighted by atomic mass is 10.1. The molecule has 2 aromatic carbocycles. The Bertz CT molecular complexity index is 1090. The number of amides is 2. The molecule has 0 radical (unpaired) electrons. The van der Waals surface area contributed by atoms with Crippen LogP contribution >= 0.6 is 11.6 Å². The van der Waals surface area contributed by atoms with E-state index in [2.05, 4.69) is 5.32 Å². The average Bonchev–Trinajstić information content (AvgIpc) is 2.83. The van der Waals surface area contributed by atoms with Crippen LogP contribution in [0.15, 0.2) is 48.5 Å². The number of ether oxygens (including phenoxy) is 1. The summed E-state index contributed by atoms with van der Waals surface area (Å²) in [5.74, 6) is -0.301. The van der Waals surface area contributed by atoms with Gasteiger partial charge < -0.3 is 15.0 Å². The fraction of sp³-hybridized carbons (Fsp3) is 0.440. The lowest BCUT2D eigenvalue weighted by Crippen LogP contribution is -2.52. The van der Waals surface area contributed by atoms with Crippen LogP contribution in [0.5, 0.6) is 5.75 Å². The molecule has 0 heterocycles. The molecule has 10 heteroatoms. The van der Waals surface area contributed by atoms with Gasteiger partial charge in [-0.3, -0.25) is 13.9 Å². The molecule has 2 aromatic rings. The molecule has 1 N–H and O–H groups in total. The van der Waals surface area contributed by atoms with Crippen LogP contribution in [0.3, 0.4) is 0 Å². The maximum Gasteiger partial charge on any atom is 0.244 e. The number of nitrogens with zero attached hydrogens (tertiary/aromatic N) is 2. The normalized spacial score (nSPS) is 12.0. The highest BCUT2D eigenvalue weighted by Gasteiger charge is 2.31. The Morgan fingerprint density at radius 3 is 2.37 bits per heavy atom. The standard InChI is InChI=1S/C25H34ClN3O5S/c1-5-7-15-27-25(31)23(6-2)28(17-19-11-13-20(26)14-12-19)24(30)18-29(35(4,32)33)21-9-8-10-22(16-21)34-3/h8-14,16,23H,5-7,15,17-18H2,1-4H3,(H,27,31)/t23-/m1/s1. The summed E-state index contributed by atoms with van der Waals surface area (Å²) in [5, 5.41) is 3.45. The van der Waals surface area contributed by atoms with E-state index in [4.69, 9.17) is 16.3 Å². The molecule has 2 amide bonds. The van der Waals surface area contributed by atoms with Gasteiger partial charge in [0.2, 0.25) is 21.8 Å². The minimum absolute atomic E-state index is 0.130. The first kappa shape index (κ1) is 28.5. The number of carbonyl (C=O) groups excluding carboxylic acids is 2. The molecule has 8 nitrogen and oxygen atoms in total.